The lowest BCUT2D eigenvalue weighted by Crippen LogP contribution is -2.18. The average molecular weight is 267 g/mol. The van der Waals surface area contributed by atoms with Crippen LogP contribution in [0.4, 0.5) is 0 Å². The lowest BCUT2D eigenvalue weighted by molar-refractivity contribution is 0.195. The lowest BCUT2D eigenvalue weighted by atomic mass is 10.0. The third-order valence-electron chi connectivity index (χ3n) is 3.02. The van der Waals surface area contributed by atoms with Crippen LogP contribution in [0.1, 0.15) is 24.5 Å². The molecule has 2 N–H and O–H groups in total. The zero-order valence-electron chi connectivity index (χ0n) is 12.4. The summed E-state index contributed by atoms with van der Waals surface area (Å²) in [6.07, 6.45) is 2.65. The molecule has 4 nitrogen and oxygen atoms in total. The smallest absolute Gasteiger partial charge is 0.122 e. The first-order valence-electron chi connectivity index (χ1n) is 6.60. The van der Waals surface area contributed by atoms with E-state index in [4.69, 9.17) is 19.9 Å². The molecule has 1 aromatic carbocycles. The van der Waals surface area contributed by atoms with Gasteiger partial charge in [0, 0.05) is 19.8 Å². The second-order valence-corrected chi connectivity index (χ2v) is 4.75. The van der Waals surface area contributed by atoms with Crippen molar-refractivity contribution in [1.29, 1.82) is 0 Å². The van der Waals surface area contributed by atoms with E-state index < -0.39 is 0 Å². The highest BCUT2D eigenvalue weighted by Crippen LogP contribution is 2.30. The van der Waals surface area contributed by atoms with E-state index in [0.717, 1.165) is 48.5 Å². The van der Waals surface area contributed by atoms with Gasteiger partial charge in [0.2, 0.25) is 0 Å². The van der Waals surface area contributed by atoms with Crippen molar-refractivity contribution < 1.29 is 14.2 Å². The maximum absolute atomic E-state index is 5.86. The molecule has 19 heavy (non-hydrogen) atoms. The third kappa shape index (κ3) is 4.73. The van der Waals surface area contributed by atoms with Gasteiger partial charge in [-0.1, -0.05) is 0 Å². The summed E-state index contributed by atoms with van der Waals surface area (Å²) in [6, 6.07) is 4.18. The Hall–Kier alpha value is -1.26. The fourth-order valence-electron chi connectivity index (χ4n) is 2.13. The predicted octanol–water partition coefficient (Wildman–Crippen LogP) is 2.17. The van der Waals surface area contributed by atoms with Crippen LogP contribution in [0.3, 0.4) is 0 Å². The van der Waals surface area contributed by atoms with E-state index in [9.17, 15) is 0 Å². The van der Waals surface area contributed by atoms with Gasteiger partial charge in [0.1, 0.15) is 11.5 Å². The standard InChI is InChI=1S/C15H25NO3/c1-11(16)8-13-10-14(18-3)12(6-5-7-17-2)9-15(13)19-4/h9-11H,5-8,16H2,1-4H3. The summed E-state index contributed by atoms with van der Waals surface area (Å²) >= 11 is 0. The van der Waals surface area contributed by atoms with E-state index in [-0.39, 0.29) is 6.04 Å². The predicted molar refractivity (Wildman–Crippen MR) is 77.1 cm³/mol. The summed E-state index contributed by atoms with van der Waals surface area (Å²) in [6.45, 7) is 2.73. The first-order valence-corrected chi connectivity index (χ1v) is 6.60. The Kier molecular flexibility index (Phi) is 6.67. The van der Waals surface area contributed by atoms with Crippen LogP contribution in [-0.4, -0.2) is 34.0 Å². The summed E-state index contributed by atoms with van der Waals surface area (Å²) in [5.41, 5.74) is 8.09. The summed E-state index contributed by atoms with van der Waals surface area (Å²) in [5, 5.41) is 0. The summed E-state index contributed by atoms with van der Waals surface area (Å²) < 4.78 is 16.0. The van der Waals surface area contributed by atoms with Gasteiger partial charge in [-0.2, -0.15) is 0 Å². The molecule has 0 amide bonds. The molecule has 0 aromatic heterocycles. The van der Waals surface area contributed by atoms with Crippen molar-refractivity contribution in [1.82, 2.24) is 0 Å². The van der Waals surface area contributed by atoms with Gasteiger partial charge in [-0.15, -0.1) is 0 Å². The van der Waals surface area contributed by atoms with Crippen LogP contribution in [0, 0.1) is 0 Å². The molecular formula is C15H25NO3. The Labute approximate surface area is 115 Å². The molecule has 0 heterocycles. The molecule has 0 saturated heterocycles. The summed E-state index contributed by atoms with van der Waals surface area (Å²) in [4.78, 5) is 0. The van der Waals surface area contributed by atoms with Gasteiger partial charge in [-0.3, -0.25) is 0 Å². The third-order valence-corrected chi connectivity index (χ3v) is 3.02. The molecule has 108 valence electrons. The molecule has 1 aromatic rings. The number of benzene rings is 1. The maximum atomic E-state index is 5.86. The van der Waals surface area contributed by atoms with Crippen molar-refractivity contribution >= 4 is 0 Å². The molecule has 0 saturated carbocycles. The Balaban J connectivity index is 2.97. The van der Waals surface area contributed by atoms with Crippen molar-refractivity contribution in [2.75, 3.05) is 27.9 Å². The number of hydrogen-bond donors (Lipinski definition) is 1. The quantitative estimate of drug-likeness (QED) is 0.733. The average Bonchev–Trinajstić information content (AvgIpc) is 2.39. The van der Waals surface area contributed by atoms with Crippen molar-refractivity contribution in [2.24, 2.45) is 5.73 Å². The van der Waals surface area contributed by atoms with Gasteiger partial charge in [-0.25, -0.2) is 0 Å². The Morgan fingerprint density at radius 3 is 2.16 bits per heavy atom. The number of rotatable bonds is 8. The van der Waals surface area contributed by atoms with Crippen LogP contribution >= 0.6 is 0 Å². The molecule has 4 heteroatoms. The maximum Gasteiger partial charge on any atom is 0.122 e. The Bertz CT molecular complexity index is 391. The zero-order chi connectivity index (χ0) is 14.3. The molecule has 0 aliphatic heterocycles. The minimum absolute atomic E-state index is 0.0953. The van der Waals surface area contributed by atoms with Gasteiger partial charge >= 0.3 is 0 Å². The minimum atomic E-state index is 0.0953. The van der Waals surface area contributed by atoms with E-state index in [0.29, 0.717) is 0 Å². The molecule has 0 aliphatic carbocycles. The summed E-state index contributed by atoms with van der Waals surface area (Å²) in [5.74, 6) is 1.78. The molecule has 0 radical (unpaired) electrons. The molecule has 0 bridgehead atoms. The monoisotopic (exact) mass is 267 g/mol. The van der Waals surface area contributed by atoms with Gasteiger partial charge < -0.3 is 19.9 Å². The second kappa shape index (κ2) is 8.02. The molecule has 1 unspecified atom stereocenters. The van der Waals surface area contributed by atoms with Crippen molar-refractivity contribution in [3.05, 3.63) is 23.3 Å². The number of nitrogens with two attached hydrogens (primary N) is 1. The van der Waals surface area contributed by atoms with E-state index in [1.165, 1.54) is 0 Å². The highest BCUT2D eigenvalue weighted by atomic mass is 16.5. The van der Waals surface area contributed by atoms with Crippen molar-refractivity contribution in [2.45, 2.75) is 32.2 Å². The highest BCUT2D eigenvalue weighted by Gasteiger charge is 2.12. The largest absolute Gasteiger partial charge is 0.496 e. The first kappa shape index (κ1) is 15.8. The topological polar surface area (TPSA) is 53.7 Å². The molecule has 1 rings (SSSR count). The normalized spacial score (nSPS) is 12.3. The fraction of sp³-hybridized carbons (Fsp3) is 0.600. The van der Waals surface area contributed by atoms with Crippen LogP contribution in [0.15, 0.2) is 12.1 Å². The van der Waals surface area contributed by atoms with Crippen molar-refractivity contribution in [3.63, 3.8) is 0 Å². The van der Waals surface area contributed by atoms with Gasteiger partial charge in [-0.05, 0) is 49.4 Å². The van der Waals surface area contributed by atoms with Crippen molar-refractivity contribution in [3.8, 4) is 11.5 Å². The lowest BCUT2D eigenvalue weighted by Gasteiger charge is -2.16. The SMILES string of the molecule is COCCCc1cc(OC)c(CC(C)N)cc1OC. The van der Waals surface area contributed by atoms with Crippen LogP contribution in [0.25, 0.3) is 0 Å². The fourth-order valence-corrected chi connectivity index (χ4v) is 2.13. The van der Waals surface area contributed by atoms with E-state index in [1.54, 1.807) is 21.3 Å². The molecular weight excluding hydrogens is 242 g/mol. The molecule has 1 atom stereocenters. The van der Waals surface area contributed by atoms with E-state index in [1.807, 2.05) is 19.1 Å². The van der Waals surface area contributed by atoms with Crippen LogP contribution < -0.4 is 15.2 Å². The van der Waals surface area contributed by atoms with Gasteiger partial charge in [0.05, 0.1) is 14.2 Å². The highest BCUT2D eigenvalue weighted by molar-refractivity contribution is 5.47. The zero-order valence-corrected chi connectivity index (χ0v) is 12.4. The number of ether oxygens (including phenoxy) is 3. The minimum Gasteiger partial charge on any atom is -0.496 e. The Morgan fingerprint density at radius 1 is 1.05 bits per heavy atom. The molecule has 0 spiro atoms. The number of methoxy groups -OCH3 is 3. The molecule has 0 aliphatic rings. The van der Waals surface area contributed by atoms with Gasteiger partial charge in [0.25, 0.3) is 0 Å². The number of hydrogen-bond acceptors (Lipinski definition) is 4. The summed E-state index contributed by atoms with van der Waals surface area (Å²) in [7, 11) is 5.09. The van der Waals surface area contributed by atoms with Crippen LogP contribution in [-0.2, 0) is 17.6 Å². The van der Waals surface area contributed by atoms with E-state index >= 15 is 0 Å². The van der Waals surface area contributed by atoms with E-state index in [2.05, 4.69) is 0 Å². The second-order valence-electron chi connectivity index (χ2n) is 4.75. The van der Waals surface area contributed by atoms with Crippen LogP contribution in [0.2, 0.25) is 0 Å². The number of aryl methyl sites for hydroxylation is 1. The van der Waals surface area contributed by atoms with Gasteiger partial charge in [0.15, 0.2) is 0 Å². The first-order chi connectivity index (χ1) is 9.12. The Morgan fingerprint density at radius 2 is 1.63 bits per heavy atom. The molecule has 0 fully saturated rings. The van der Waals surface area contributed by atoms with Crippen LogP contribution in [0.5, 0.6) is 11.5 Å².